The summed E-state index contributed by atoms with van der Waals surface area (Å²) in [6.07, 6.45) is 0. The van der Waals surface area contributed by atoms with Gasteiger partial charge in [0.1, 0.15) is 6.61 Å². The van der Waals surface area contributed by atoms with E-state index >= 15 is 0 Å². The van der Waals surface area contributed by atoms with E-state index in [2.05, 4.69) is 21.2 Å². The first-order valence-corrected chi connectivity index (χ1v) is 8.98. The Morgan fingerprint density at radius 2 is 2.04 bits per heavy atom. The monoisotopic (exact) mass is 418 g/mol. The third-order valence-electron chi connectivity index (χ3n) is 4.03. The molecule has 1 fully saturated rings. The zero-order chi connectivity index (χ0) is 18.5. The molecule has 0 bridgehead atoms. The number of piperazine rings is 1. The molecule has 0 aliphatic carbocycles. The molecule has 0 unspecified atom stereocenters. The van der Waals surface area contributed by atoms with Gasteiger partial charge in [0.2, 0.25) is 5.91 Å². The molecule has 2 aromatic carbocycles. The first kappa shape index (κ1) is 18.3. The van der Waals surface area contributed by atoms with Crippen molar-refractivity contribution in [2.45, 2.75) is 6.61 Å². The van der Waals surface area contributed by atoms with Crippen molar-refractivity contribution in [2.24, 2.45) is 0 Å². The average molecular weight is 419 g/mol. The number of methoxy groups -OCH3 is 1. The molecular weight excluding hydrogens is 400 g/mol. The predicted octanol–water partition coefficient (Wildman–Crippen LogP) is 2.61. The molecule has 0 atom stereocenters. The first-order chi connectivity index (χ1) is 12.6. The van der Waals surface area contributed by atoms with Gasteiger partial charge in [-0.2, -0.15) is 0 Å². The van der Waals surface area contributed by atoms with E-state index in [1.165, 1.54) is 12.0 Å². The summed E-state index contributed by atoms with van der Waals surface area (Å²) in [5.41, 5.74) is 1.47. The van der Waals surface area contributed by atoms with Gasteiger partial charge < -0.3 is 19.7 Å². The fraction of sp³-hybridized carbons (Fsp3) is 0.263. The molecule has 7 heteroatoms. The Hall–Kier alpha value is -2.54. The van der Waals surface area contributed by atoms with Crippen LogP contribution in [-0.4, -0.2) is 43.5 Å². The minimum atomic E-state index is -0.214. The molecule has 1 heterocycles. The van der Waals surface area contributed by atoms with E-state index in [0.29, 0.717) is 41.2 Å². The summed E-state index contributed by atoms with van der Waals surface area (Å²) in [5.74, 6) is 0.622. The van der Waals surface area contributed by atoms with Crippen molar-refractivity contribution in [2.75, 3.05) is 26.7 Å². The molecule has 0 radical (unpaired) electrons. The maximum Gasteiger partial charge on any atom is 0.254 e. The summed E-state index contributed by atoms with van der Waals surface area (Å²) in [5, 5.41) is 2.71. The lowest BCUT2D eigenvalue weighted by molar-refractivity contribution is -0.123. The molecule has 0 aromatic heterocycles. The van der Waals surface area contributed by atoms with Crippen molar-refractivity contribution in [1.29, 1.82) is 0 Å². The Morgan fingerprint density at radius 1 is 1.27 bits per heavy atom. The third-order valence-corrected chi connectivity index (χ3v) is 4.62. The first-order valence-electron chi connectivity index (χ1n) is 8.18. The Morgan fingerprint density at radius 3 is 2.73 bits per heavy atom. The van der Waals surface area contributed by atoms with Crippen molar-refractivity contribution in [3.05, 3.63) is 58.1 Å². The third kappa shape index (κ3) is 4.16. The predicted molar refractivity (Wildman–Crippen MR) is 100 cm³/mol. The molecule has 136 valence electrons. The van der Waals surface area contributed by atoms with Crippen LogP contribution in [0, 0.1) is 0 Å². The number of hydrogen-bond donors (Lipinski definition) is 1. The Labute approximate surface area is 160 Å². The molecule has 1 aliphatic rings. The van der Waals surface area contributed by atoms with Crippen LogP contribution >= 0.6 is 15.9 Å². The van der Waals surface area contributed by atoms with Crippen LogP contribution in [0.15, 0.2) is 46.9 Å². The van der Waals surface area contributed by atoms with Crippen LogP contribution in [0.3, 0.4) is 0 Å². The van der Waals surface area contributed by atoms with Gasteiger partial charge in [-0.25, -0.2) is 0 Å². The summed E-state index contributed by atoms with van der Waals surface area (Å²) < 4.78 is 11.9. The second-order valence-electron chi connectivity index (χ2n) is 5.84. The highest BCUT2D eigenvalue weighted by Gasteiger charge is 2.24. The molecule has 2 amide bonds. The van der Waals surface area contributed by atoms with E-state index in [9.17, 15) is 9.59 Å². The van der Waals surface area contributed by atoms with Crippen LogP contribution < -0.4 is 14.8 Å². The maximum atomic E-state index is 12.7. The minimum Gasteiger partial charge on any atom is -0.493 e. The lowest BCUT2D eigenvalue weighted by Gasteiger charge is -2.27. The van der Waals surface area contributed by atoms with Crippen molar-refractivity contribution in [3.8, 4) is 11.5 Å². The van der Waals surface area contributed by atoms with Crippen molar-refractivity contribution in [1.82, 2.24) is 10.2 Å². The molecule has 1 N–H and O–H groups in total. The lowest BCUT2D eigenvalue weighted by atomic mass is 10.1. The molecule has 6 nitrogen and oxygen atoms in total. The molecule has 2 aromatic rings. The van der Waals surface area contributed by atoms with E-state index in [0.717, 1.165) is 5.56 Å². The largest absolute Gasteiger partial charge is 0.493 e. The SMILES string of the molecule is COc1cc(C(=O)N2CCNC(=O)C2)cc(Br)c1OCc1ccccc1. The smallest absolute Gasteiger partial charge is 0.254 e. The molecule has 3 rings (SSSR count). The number of halogens is 1. The Bertz CT molecular complexity index is 811. The second kappa shape index (κ2) is 8.23. The average Bonchev–Trinajstić information content (AvgIpc) is 2.66. The normalized spacial score (nSPS) is 13.9. The van der Waals surface area contributed by atoms with Gasteiger partial charge in [0, 0.05) is 18.7 Å². The Kier molecular flexibility index (Phi) is 5.78. The lowest BCUT2D eigenvalue weighted by Crippen LogP contribution is -2.49. The van der Waals surface area contributed by atoms with E-state index in [1.807, 2.05) is 30.3 Å². The van der Waals surface area contributed by atoms with Gasteiger partial charge >= 0.3 is 0 Å². The summed E-state index contributed by atoms with van der Waals surface area (Å²) >= 11 is 3.46. The van der Waals surface area contributed by atoms with E-state index in [-0.39, 0.29) is 18.4 Å². The molecular formula is C19H19BrN2O4. The highest BCUT2D eigenvalue weighted by molar-refractivity contribution is 9.10. The zero-order valence-corrected chi connectivity index (χ0v) is 15.9. The van der Waals surface area contributed by atoms with Crippen molar-refractivity contribution in [3.63, 3.8) is 0 Å². The number of carbonyl (C=O) groups is 2. The molecule has 0 spiro atoms. The van der Waals surface area contributed by atoms with Crippen LogP contribution in [0.5, 0.6) is 11.5 Å². The van der Waals surface area contributed by atoms with Gasteiger partial charge in [-0.05, 0) is 33.6 Å². The maximum absolute atomic E-state index is 12.7. The van der Waals surface area contributed by atoms with Gasteiger partial charge in [-0.3, -0.25) is 9.59 Å². The highest BCUT2D eigenvalue weighted by atomic mass is 79.9. The van der Waals surface area contributed by atoms with Crippen molar-refractivity contribution < 1.29 is 19.1 Å². The van der Waals surface area contributed by atoms with Crippen LogP contribution in [-0.2, 0) is 11.4 Å². The van der Waals surface area contributed by atoms with Gasteiger partial charge in [0.25, 0.3) is 5.91 Å². The van der Waals surface area contributed by atoms with E-state index in [1.54, 1.807) is 12.1 Å². The molecule has 1 aliphatic heterocycles. The number of nitrogens with one attached hydrogen (secondary N) is 1. The number of rotatable bonds is 5. The second-order valence-corrected chi connectivity index (χ2v) is 6.69. The van der Waals surface area contributed by atoms with Gasteiger partial charge in [0.15, 0.2) is 11.5 Å². The summed E-state index contributed by atoms with van der Waals surface area (Å²) in [7, 11) is 1.53. The van der Waals surface area contributed by atoms with Gasteiger partial charge in [-0.15, -0.1) is 0 Å². The number of amides is 2. The fourth-order valence-electron chi connectivity index (χ4n) is 2.71. The van der Waals surface area contributed by atoms with Crippen LogP contribution in [0.1, 0.15) is 15.9 Å². The topological polar surface area (TPSA) is 67.9 Å². The molecule has 1 saturated heterocycles. The summed E-state index contributed by atoms with van der Waals surface area (Å²) in [6, 6.07) is 13.1. The number of benzene rings is 2. The van der Waals surface area contributed by atoms with Crippen LogP contribution in [0.4, 0.5) is 0 Å². The zero-order valence-electron chi connectivity index (χ0n) is 14.3. The van der Waals surface area contributed by atoms with Crippen LogP contribution in [0.2, 0.25) is 0 Å². The number of carbonyl (C=O) groups excluding carboxylic acids is 2. The number of hydrogen-bond acceptors (Lipinski definition) is 4. The summed E-state index contributed by atoms with van der Waals surface area (Å²) in [6.45, 7) is 1.39. The van der Waals surface area contributed by atoms with Crippen LogP contribution in [0.25, 0.3) is 0 Å². The molecule has 0 saturated carbocycles. The van der Waals surface area contributed by atoms with Gasteiger partial charge in [0.05, 0.1) is 18.1 Å². The van der Waals surface area contributed by atoms with E-state index in [4.69, 9.17) is 9.47 Å². The van der Waals surface area contributed by atoms with E-state index < -0.39 is 0 Å². The Balaban J connectivity index is 1.80. The number of ether oxygens (including phenoxy) is 2. The minimum absolute atomic E-state index is 0.0605. The number of nitrogens with zero attached hydrogens (tertiary/aromatic N) is 1. The van der Waals surface area contributed by atoms with Crippen molar-refractivity contribution >= 4 is 27.7 Å². The summed E-state index contributed by atoms with van der Waals surface area (Å²) in [4.78, 5) is 25.7. The highest BCUT2D eigenvalue weighted by Crippen LogP contribution is 2.37. The molecule has 26 heavy (non-hydrogen) atoms. The quantitative estimate of drug-likeness (QED) is 0.809. The fourth-order valence-corrected chi connectivity index (χ4v) is 3.26. The van der Waals surface area contributed by atoms with Gasteiger partial charge in [-0.1, -0.05) is 30.3 Å². The standard InChI is InChI=1S/C19H19BrN2O4/c1-25-16-10-14(19(24)22-8-7-21-17(23)11-22)9-15(20)18(16)26-12-13-5-3-2-4-6-13/h2-6,9-10H,7-8,11-12H2,1H3,(H,21,23).